The Labute approximate surface area is 134 Å². The molecule has 6 heteroatoms. The highest BCUT2D eigenvalue weighted by atomic mass is 16.2. The molecule has 0 radical (unpaired) electrons. The first-order valence-electron chi connectivity index (χ1n) is 7.98. The van der Waals surface area contributed by atoms with Gasteiger partial charge in [-0.15, -0.1) is 5.10 Å². The number of aryl methyl sites for hydroxylation is 1. The lowest BCUT2D eigenvalue weighted by Crippen LogP contribution is -2.51. The maximum absolute atomic E-state index is 12.3. The van der Waals surface area contributed by atoms with Crippen molar-refractivity contribution in [2.45, 2.75) is 38.6 Å². The molecule has 1 unspecified atom stereocenters. The number of aromatic amines is 1. The predicted molar refractivity (Wildman–Crippen MR) is 87.2 cm³/mol. The van der Waals surface area contributed by atoms with Crippen LogP contribution in [0.5, 0.6) is 0 Å². The summed E-state index contributed by atoms with van der Waals surface area (Å²) >= 11 is 0. The molecule has 1 saturated carbocycles. The van der Waals surface area contributed by atoms with Gasteiger partial charge in [-0.25, -0.2) is 9.48 Å². The molecule has 122 valence electrons. The van der Waals surface area contributed by atoms with E-state index in [1.54, 1.807) is 0 Å². The molecular weight excluding hydrogens is 292 g/mol. The monoisotopic (exact) mass is 314 g/mol. The zero-order chi connectivity index (χ0) is 16.4. The van der Waals surface area contributed by atoms with Gasteiger partial charge in [-0.2, -0.15) is 0 Å². The zero-order valence-corrected chi connectivity index (χ0v) is 13.5. The number of hydrogen-bond donors (Lipinski definition) is 2. The van der Waals surface area contributed by atoms with Gasteiger partial charge in [0.2, 0.25) is 5.82 Å². The van der Waals surface area contributed by atoms with Gasteiger partial charge in [0.25, 0.3) is 5.91 Å². The molecule has 1 amide bonds. The third kappa shape index (κ3) is 3.06. The predicted octanol–water partition coefficient (Wildman–Crippen LogP) is 1.64. The summed E-state index contributed by atoms with van der Waals surface area (Å²) in [6.45, 7) is 2.04. The Balaban J connectivity index is 1.71. The van der Waals surface area contributed by atoms with E-state index in [2.05, 4.69) is 27.5 Å². The number of rotatable bonds is 5. The molecule has 0 saturated heterocycles. The first kappa shape index (κ1) is 15.5. The van der Waals surface area contributed by atoms with Gasteiger partial charge in [0.1, 0.15) is 0 Å². The molecular formula is C17H22N4O2. The number of amides is 1. The lowest BCUT2D eigenvalue weighted by molar-refractivity contribution is 0.0660. The molecule has 0 bridgehead atoms. The summed E-state index contributed by atoms with van der Waals surface area (Å²) < 4.78 is 1.13. The molecule has 1 fully saturated rings. The number of H-pyrrole nitrogens is 1. The second-order valence-electron chi connectivity index (χ2n) is 6.48. The number of benzene rings is 1. The molecule has 1 aliphatic rings. The zero-order valence-electron chi connectivity index (χ0n) is 13.5. The Kier molecular flexibility index (Phi) is 4.07. The van der Waals surface area contributed by atoms with Crippen LogP contribution in [0.15, 0.2) is 35.1 Å². The van der Waals surface area contributed by atoms with E-state index in [-0.39, 0.29) is 28.9 Å². The normalized spacial score (nSPS) is 17.3. The average Bonchev–Trinajstić information content (AvgIpc) is 2.83. The molecule has 6 nitrogen and oxygen atoms in total. The summed E-state index contributed by atoms with van der Waals surface area (Å²) in [4.78, 5) is 26.2. The molecule has 2 aromatic rings. The summed E-state index contributed by atoms with van der Waals surface area (Å²) in [6.07, 6.45) is 4.34. The van der Waals surface area contributed by atoms with Crippen LogP contribution in [-0.4, -0.2) is 26.7 Å². The Morgan fingerprint density at radius 3 is 2.61 bits per heavy atom. The van der Waals surface area contributed by atoms with Crippen LogP contribution in [0, 0.1) is 5.41 Å². The minimum atomic E-state index is -0.384. The van der Waals surface area contributed by atoms with Crippen molar-refractivity contribution in [3.63, 3.8) is 0 Å². The number of nitrogens with one attached hydrogen (secondary N) is 2. The molecule has 0 spiro atoms. The van der Waals surface area contributed by atoms with Crippen LogP contribution in [0.2, 0.25) is 0 Å². The molecule has 1 atom stereocenters. The standard InChI is InChI=1S/C17H22N4O2/c1-12(18-15(22)14-19-16(23)21(2)20-14)17(9-6-10-17)11-13-7-4-3-5-8-13/h3-5,7-8,12H,6,9-11H2,1-2H3,(H,18,22)(H,19,20,23). The largest absolute Gasteiger partial charge is 0.346 e. The van der Waals surface area contributed by atoms with Crippen molar-refractivity contribution < 1.29 is 4.79 Å². The number of aromatic nitrogens is 3. The van der Waals surface area contributed by atoms with Crippen molar-refractivity contribution in [3.05, 3.63) is 52.2 Å². The van der Waals surface area contributed by atoms with E-state index in [9.17, 15) is 9.59 Å². The van der Waals surface area contributed by atoms with E-state index in [4.69, 9.17) is 0 Å². The minimum Gasteiger partial charge on any atom is -0.346 e. The SMILES string of the molecule is CC(NC(=O)c1nn(C)c(=O)[nH]1)C1(Cc2ccccc2)CCC1. The molecule has 1 aromatic heterocycles. The summed E-state index contributed by atoms with van der Waals surface area (Å²) in [5.74, 6) is -0.256. The number of carbonyl (C=O) groups is 1. The molecule has 1 heterocycles. The van der Waals surface area contributed by atoms with Gasteiger partial charge in [0, 0.05) is 13.1 Å². The van der Waals surface area contributed by atoms with E-state index in [1.807, 2.05) is 25.1 Å². The van der Waals surface area contributed by atoms with Crippen LogP contribution in [-0.2, 0) is 13.5 Å². The first-order valence-corrected chi connectivity index (χ1v) is 7.98. The van der Waals surface area contributed by atoms with E-state index in [0.29, 0.717) is 0 Å². The van der Waals surface area contributed by atoms with Crippen LogP contribution < -0.4 is 11.0 Å². The van der Waals surface area contributed by atoms with Gasteiger partial charge in [0.05, 0.1) is 0 Å². The van der Waals surface area contributed by atoms with Crippen LogP contribution in [0.3, 0.4) is 0 Å². The fourth-order valence-corrected chi connectivity index (χ4v) is 3.32. The van der Waals surface area contributed by atoms with E-state index >= 15 is 0 Å². The highest BCUT2D eigenvalue weighted by molar-refractivity contribution is 5.90. The summed E-state index contributed by atoms with van der Waals surface area (Å²) in [5.41, 5.74) is 0.997. The maximum atomic E-state index is 12.3. The first-order chi connectivity index (χ1) is 11.0. The number of nitrogens with zero attached hydrogens (tertiary/aromatic N) is 2. The minimum absolute atomic E-state index is 0.0227. The lowest BCUT2D eigenvalue weighted by atomic mass is 9.61. The van der Waals surface area contributed by atoms with E-state index in [0.717, 1.165) is 23.9 Å². The molecule has 23 heavy (non-hydrogen) atoms. The molecule has 2 N–H and O–H groups in total. The van der Waals surface area contributed by atoms with Crippen molar-refractivity contribution in [2.24, 2.45) is 12.5 Å². The van der Waals surface area contributed by atoms with Crippen LogP contribution in [0.25, 0.3) is 0 Å². The van der Waals surface area contributed by atoms with Crippen LogP contribution in [0.4, 0.5) is 0 Å². The Bertz CT molecular complexity index is 743. The van der Waals surface area contributed by atoms with Crippen molar-refractivity contribution in [2.75, 3.05) is 0 Å². The highest BCUT2D eigenvalue weighted by Gasteiger charge is 2.42. The second kappa shape index (κ2) is 6.02. The smallest absolute Gasteiger partial charge is 0.343 e. The van der Waals surface area contributed by atoms with Crippen molar-refractivity contribution in [1.29, 1.82) is 0 Å². The molecule has 1 aliphatic carbocycles. The van der Waals surface area contributed by atoms with Gasteiger partial charge < -0.3 is 5.32 Å². The maximum Gasteiger partial charge on any atom is 0.343 e. The third-order valence-corrected chi connectivity index (χ3v) is 5.00. The van der Waals surface area contributed by atoms with Gasteiger partial charge in [0.15, 0.2) is 0 Å². The molecule has 1 aromatic carbocycles. The summed E-state index contributed by atoms with van der Waals surface area (Å²) in [5, 5.41) is 6.92. The average molecular weight is 314 g/mol. The molecule has 0 aliphatic heterocycles. The summed E-state index contributed by atoms with van der Waals surface area (Å²) in [6, 6.07) is 10.4. The third-order valence-electron chi connectivity index (χ3n) is 5.00. The van der Waals surface area contributed by atoms with Crippen LogP contribution >= 0.6 is 0 Å². The van der Waals surface area contributed by atoms with E-state index in [1.165, 1.54) is 19.0 Å². The molecule has 3 rings (SSSR count). The van der Waals surface area contributed by atoms with Gasteiger partial charge in [-0.3, -0.25) is 9.78 Å². The quantitative estimate of drug-likeness (QED) is 0.880. The fraction of sp³-hybridized carbons (Fsp3) is 0.471. The Morgan fingerprint density at radius 1 is 1.39 bits per heavy atom. The van der Waals surface area contributed by atoms with Gasteiger partial charge in [-0.05, 0) is 37.2 Å². The summed E-state index contributed by atoms with van der Waals surface area (Å²) in [7, 11) is 1.52. The van der Waals surface area contributed by atoms with Gasteiger partial charge in [-0.1, -0.05) is 36.8 Å². The Hall–Kier alpha value is -2.37. The number of carbonyl (C=O) groups excluding carboxylic acids is 1. The van der Waals surface area contributed by atoms with Gasteiger partial charge >= 0.3 is 5.69 Å². The van der Waals surface area contributed by atoms with Crippen molar-refractivity contribution in [1.82, 2.24) is 20.1 Å². The fourth-order valence-electron chi connectivity index (χ4n) is 3.32. The van der Waals surface area contributed by atoms with E-state index < -0.39 is 0 Å². The van der Waals surface area contributed by atoms with Crippen LogP contribution in [0.1, 0.15) is 42.4 Å². The Morgan fingerprint density at radius 2 is 2.09 bits per heavy atom. The topological polar surface area (TPSA) is 79.8 Å². The van der Waals surface area contributed by atoms with Crippen molar-refractivity contribution >= 4 is 5.91 Å². The second-order valence-corrected chi connectivity index (χ2v) is 6.48. The highest BCUT2D eigenvalue weighted by Crippen LogP contribution is 2.46. The van der Waals surface area contributed by atoms with Crippen molar-refractivity contribution in [3.8, 4) is 0 Å². The number of hydrogen-bond acceptors (Lipinski definition) is 3. The lowest BCUT2D eigenvalue weighted by Gasteiger charge is -2.47.